The molecule has 1 saturated heterocycles. The van der Waals surface area contributed by atoms with Gasteiger partial charge in [-0.3, -0.25) is 9.59 Å². The SMILES string of the molecule is COc1cccc(CN2C(=O)C(C#N)C23C=CC(=O)C=C3)c1. The van der Waals surface area contributed by atoms with Gasteiger partial charge in [0, 0.05) is 6.54 Å². The fraction of sp³-hybridized carbons (Fsp3) is 0.235. The van der Waals surface area contributed by atoms with E-state index in [2.05, 4.69) is 0 Å². The molecule has 1 unspecified atom stereocenters. The van der Waals surface area contributed by atoms with E-state index in [9.17, 15) is 14.9 Å². The van der Waals surface area contributed by atoms with Crippen molar-refractivity contribution in [1.29, 1.82) is 5.26 Å². The Morgan fingerprint density at radius 2 is 2.05 bits per heavy atom. The van der Waals surface area contributed by atoms with Gasteiger partial charge in [0.1, 0.15) is 11.3 Å². The summed E-state index contributed by atoms with van der Waals surface area (Å²) in [6.07, 6.45) is 6.11. The number of hydrogen-bond donors (Lipinski definition) is 0. The van der Waals surface area contributed by atoms with Gasteiger partial charge >= 0.3 is 0 Å². The van der Waals surface area contributed by atoms with Crippen LogP contribution in [0.1, 0.15) is 5.56 Å². The molecule has 5 nitrogen and oxygen atoms in total. The second kappa shape index (κ2) is 5.15. The van der Waals surface area contributed by atoms with Crippen molar-refractivity contribution in [2.24, 2.45) is 5.92 Å². The highest BCUT2D eigenvalue weighted by Gasteiger charge is 2.58. The van der Waals surface area contributed by atoms with Crippen LogP contribution in [0.15, 0.2) is 48.6 Å². The molecule has 1 fully saturated rings. The molecule has 1 aliphatic carbocycles. The monoisotopic (exact) mass is 294 g/mol. The largest absolute Gasteiger partial charge is 0.497 e. The quantitative estimate of drug-likeness (QED) is 0.794. The number of likely N-dealkylation sites (tertiary alicyclic amines) is 1. The van der Waals surface area contributed by atoms with E-state index in [1.807, 2.05) is 30.3 Å². The fourth-order valence-corrected chi connectivity index (χ4v) is 2.88. The molecular weight excluding hydrogens is 280 g/mol. The Morgan fingerprint density at radius 3 is 2.68 bits per heavy atom. The Bertz CT molecular complexity index is 727. The number of ketones is 1. The Morgan fingerprint density at radius 1 is 1.32 bits per heavy atom. The molecule has 1 aromatic carbocycles. The number of allylic oxidation sites excluding steroid dienone is 2. The van der Waals surface area contributed by atoms with Gasteiger partial charge in [-0.05, 0) is 42.0 Å². The van der Waals surface area contributed by atoms with Gasteiger partial charge in [-0.1, -0.05) is 12.1 Å². The van der Waals surface area contributed by atoms with Crippen molar-refractivity contribution in [3.8, 4) is 11.8 Å². The lowest BCUT2D eigenvalue weighted by atomic mass is 9.71. The van der Waals surface area contributed by atoms with Gasteiger partial charge in [0.15, 0.2) is 11.7 Å². The first-order valence-corrected chi connectivity index (χ1v) is 6.87. The summed E-state index contributed by atoms with van der Waals surface area (Å²) in [5.41, 5.74) is 0.0881. The summed E-state index contributed by atoms with van der Waals surface area (Å²) >= 11 is 0. The van der Waals surface area contributed by atoms with Crippen molar-refractivity contribution in [2.45, 2.75) is 12.1 Å². The standard InChI is InChI=1S/C17H14N2O3/c1-22-14-4-2-3-12(9-14)11-19-16(21)15(10-18)17(19)7-5-13(20)6-8-17/h2-9,15H,11H2,1H3. The molecule has 1 amide bonds. The van der Waals surface area contributed by atoms with Gasteiger partial charge in [-0.25, -0.2) is 0 Å². The maximum Gasteiger partial charge on any atom is 0.244 e. The molecular formula is C17H14N2O3. The van der Waals surface area contributed by atoms with Crippen molar-refractivity contribution in [3.63, 3.8) is 0 Å². The normalized spacial score (nSPS) is 21.6. The first kappa shape index (κ1) is 14.1. The summed E-state index contributed by atoms with van der Waals surface area (Å²) in [6.45, 7) is 0.358. The summed E-state index contributed by atoms with van der Waals surface area (Å²) in [4.78, 5) is 25.2. The number of rotatable bonds is 3. The molecule has 22 heavy (non-hydrogen) atoms. The number of nitrogens with zero attached hydrogens (tertiary/aromatic N) is 2. The number of carbonyl (C=O) groups excluding carboxylic acids is 2. The predicted molar refractivity (Wildman–Crippen MR) is 78.7 cm³/mol. The third kappa shape index (κ3) is 2.01. The summed E-state index contributed by atoms with van der Waals surface area (Å²) in [7, 11) is 1.58. The zero-order valence-electron chi connectivity index (χ0n) is 12.0. The first-order chi connectivity index (χ1) is 10.6. The molecule has 0 bridgehead atoms. The number of benzene rings is 1. The number of β-lactam (4-membered cyclic amide) rings is 1. The van der Waals surface area contributed by atoms with Crippen LogP contribution in [0.5, 0.6) is 5.75 Å². The van der Waals surface area contributed by atoms with Crippen molar-refractivity contribution in [1.82, 2.24) is 4.90 Å². The Kier molecular flexibility index (Phi) is 3.30. The highest BCUT2D eigenvalue weighted by Crippen LogP contribution is 2.42. The van der Waals surface area contributed by atoms with Crippen molar-refractivity contribution in [2.75, 3.05) is 7.11 Å². The molecule has 1 aliphatic heterocycles. The average Bonchev–Trinajstić information content (AvgIpc) is 2.55. The van der Waals surface area contributed by atoms with Gasteiger partial charge in [0.05, 0.1) is 13.2 Å². The first-order valence-electron chi connectivity index (χ1n) is 6.87. The molecule has 0 N–H and O–H groups in total. The molecule has 0 radical (unpaired) electrons. The number of nitriles is 1. The van der Waals surface area contributed by atoms with Crippen LogP contribution in [0.25, 0.3) is 0 Å². The second-order valence-electron chi connectivity index (χ2n) is 5.29. The molecule has 5 heteroatoms. The van der Waals surface area contributed by atoms with Crippen LogP contribution in [0, 0.1) is 17.2 Å². The lowest BCUT2D eigenvalue weighted by Crippen LogP contribution is -2.68. The third-order valence-corrected chi connectivity index (χ3v) is 4.08. The molecule has 0 aromatic heterocycles. The molecule has 1 spiro atoms. The smallest absolute Gasteiger partial charge is 0.244 e. The van der Waals surface area contributed by atoms with Crippen LogP contribution in [-0.4, -0.2) is 29.2 Å². The Hall–Kier alpha value is -2.87. The Labute approximate surface area is 128 Å². The van der Waals surface area contributed by atoms with Crippen molar-refractivity contribution >= 4 is 11.7 Å². The molecule has 1 aromatic rings. The van der Waals surface area contributed by atoms with E-state index in [4.69, 9.17) is 4.74 Å². The minimum Gasteiger partial charge on any atom is -0.497 e. The number of ether oxygens (including phenoxy) is 1. The Balaban J connectivity index is 1.91. The van der Waals surface area contributed by atoms with E-state index >= 15 is 0 Å². The van der Waals surface area contributed by atoms with Crippen LogP contribution in [-0.2, 0) is 16.1 Å². The molecule has 1 heterocycles. The maximum atomic E-state index is 12.2. The van der Waals surface area contributed by atoms with Gasteiger partial charge in [0.2, 0.25) is 5.91 Å². The zero-order chi connectivity index (χ0) is 15.7. The average molecular weight is 294 g/mol. The number of carbonyl (C=O) groups is 2. The van der Waals surface area contributed by atoms with Crippen LogP contribution < -0.4 is 4.74 Å². The molecule has 0 saturated carbocycles. The van der Waals surface area contributed by atoms with E-state index in [-0.39, 0.29) is 11.7 Å². The summed E-state index contributed by atoms with van der Waals surface area (Å²) in [6, 6.07) is 9.46. The lowest BCUT2D eigenvalue weighted by Gasteiger charge is -2.52. The summed E-state index contributed by atoms with van der Waals surface area (Å²) in [5, 5.41) is 9.24. The van der Waals surface area contributed by atoms with Crippen molar-refractivity contribution in [3.05, 3.63) is 54.1 Å². The fourth-order valence-electron chi connectivity index (χ4n) is 2.88. The summed E-state index contributed by atoms with van der Waals surface area (Å²) < 4.78 is 5.18. The lowest BCUT2D eigenvalue weighted by molar-refractivity contribution is -0.157. The topological polar surface area (TPSA) is 70.4 Å². The third-order valence-electron chi connectivity index (χ3n) is 4.08. The second-order valence-corrected chi connectivity index (χ2v) is 5.29. The highest BCUT2D eigenvalue weighted by atomic mass is 16.5. The van der Waals surface area contributed by atoms with E-state index in [0.29, 0.717) is 12.3 Å². The van der Waals surface area contributed by atoms with E-state index in [0.717, 1.165) is 5.56 Å². The van der Waals surface area contributed by atoms with Gasteiger partial charge < -0.3 is 9.64 Å². The van der Waals surface area contributed by atoms with E-state index in [1.165, 1.54) is 12.2 Å². The van der Waals surface area contributed by atoms with E-state index < -0.39 is 11.5 Å². The molecule has 110 valence electrons. The number of amides is 1. The molecule has 1 atom stereocenters. The van der Waals surface area contributed by atoms with Gasteiger partial charge in [0.25, 0.3) is 0 Å². The minimum absolute atomic E-state index is 0.136. The van der Waals surface area contributed by atoms with E-state index in [1.54, 1.807) is 24.2 Å². The van der Waals surface area contributed by atoms with Crippen molar-refractivity contribution < 1.29 is 14.3 Å². The molecule has 3 rings (SSSR count). The molecule has 2 aliphatic rings. The number of hydrogen-bond acceptors (Lipinski definition) is 4. The highest BCUT2D eigenvalue weighted by molar-refractivity contribution is 6.03. The van der Waals surface area contributed by atoms with Gasteiger partial charge in [-0.2, -0.15) is 5.26 Å². The van der Waals surface area contributed by atoms with Crippen LogP contribution >= 0.6 is 0 Å². The van der Waals surface area contributed by atoms with Gasteiger partial charge in [-0.15, -0.1) is 0 Å². The van der Waals surface area contributed by atoms with Crippen LogP contribution in [0.4, 0.5) is 0 Å². The zero-order valence-corrected chi connectivity index (χ0v) is 12.0. The minimum atomic E-state index is -0.817. The van der Waals surface area contributed by atoms with Crippen LogP contribution in [0.3, 0.4) is 0 Å². The van der Waals surface area contributed by atoms with Crippen LogP contribution in [0.2, 0.25) is 0 Å². The maximum absolute atomic E-state index is 12.2. The summed E-state index contributed by atoms with van der Waals surface area (Å²) in [5.74, 6) is -0.433. The number of methoxy groups -OCH3 is 1. The predicted octanol–water partition coefficient (Wildman–Crippen LogP) is 1.61.